The summed E-state index contributed by atoms with van der Waals surface area (Å²) in [7, 11) is 0. The molecule has 108 valence electrons. The van der Waals surface area contributed by atoms with E-state index in [2.05, 4.69) is 51.6 Å². The summed E-state index contributed by atoms with van der Waals surface area (Å²) in [4.78, 5) is 1.48. The van der Waals surface area contributed by atoms with Crippen LogP contribution in [0.1, 0.15) is 51.0 Å². The minimum Gasteiger partial charge on any atom is -0.139 e. The number of thiol groups is 1. The quantitative estimate of drug-likeness (QED) is 0.477. The highest BCUT2D eigenvalue weighted by atomic mass is 32.2. The van der Waals surface area contributed by atoms with Crippen LogP contribution in [0.5, 0.6) is 0 Å². The Morgan fingerprint density at radius 1 is 1.05 bits per heavy atom. The molecule has 3 heteroatoms. The molecule has 0 aliphatic heterocycles. The van der Waals surface area contributed by atoms with Gasteiger partial charge in [-0.2, -0.15) is 0 Å². The van der Waals surface area contributed by atoms with Crippen molar-refractivity contribution in [3.8, 4) is 0 Å². The lowest BCUT2D eigenvalue weighted by molar-refractivity contribution is 0.890. The molecular weight excluding hydrogens is 300 g/mol. The molecule has 0 nitrogen and oxygen atoms in total. The summed E-state index contributed by atoms with van der Waals surface area (Å²) in [5, 5.41) is 2.81. The highest BCUT2D eigenvalue weighted by molar-refractivity contribution is 7.83. The Morgan fingerprint density at radius 3 is 2.35 bits per heavy atom. The maximum absolute atomic E-state index is 4.53. The Balaban J connectivity index is 0.000000704. The molecule has 2 aromatic heterocycles. The van der Waals surface area contributed by atoms with Crippen LogP contribution in [-0.4, -0.2) is 0 Å². The molecule has 0 fully saturated rings. The van der Waals surface area contributed by atoms with Gasteiger partial charge in [0.25, 0.3) is 0 Å². The second-order valence-corrected chi connectivity index (χ2v) is 7.86. The van der Waals surface area contributed by atoms with E-state index in [1.807, 2.05) is 36.5 Å². The van der Waals surface area contributed by atoms with E-state index < -0.39 is 0 Å². The largest absolute Gasteiger partial charge is 0.139 e. The van der Waals surface area contributed by atoms with Gasteiger partial charge in [-0.05, 0) is 46.9 Å². The van der Waals surface area contributed by atoms with Crippen molar-refractivity contribution < 1.29 is 0 Å². The Bertz CT molecular complexity index is 717. The van der Waals surface area contributed by atoms with Gasteiger partial charge < -0.3 is 0 Å². The predicted molar refractivity (Wildman–Crippen MR) is 99.3 cm³/mol. The first-order valence-corrected chi connectivity index (χ1v) is 9.36. The summed E-state index contributed by atoms with van der Waals surface area (Å²) in [6.07, 6.45) is 1.09. The van der Waals surface area contributed by atoms with Gasteiger partial charge in [0.2, 0.25) is 0 Å². The summed E-state index contributed by atoms with van der Waals surface area (Å²) >= 11 is 8.28. The predicted octanol–water partition coefficient (Wildman–Crippen LogP) is 7.12. The Labute approximate surface area is 135 Å². The smallest absolute Gasteiger partial charge is 0.0581 e. The van der Waals surface area contributed by atoms with Crippen molar-refractivity contribution in [1.82, 2.24) is 0 Å². The molecule has 0 bridgehead atoms. The fraction of sp³-hybridized carbons (Fsp3) is 0.412. The van der Waals surface area contributed by atoms with Crippen LogP contribution in [0.4, 0.5) is 0 Å². The molecule has 0 amide bonds. The molecule has 1 aromatic carbocycles. The van der Waals surface area contributed by atoms with Crippen LogP contribution in [0.15, 0.2) is 22.4 Å². The fourth-order valence-electron chi connectivity index (χ4n) is 2.34. The molecule has 0 radical (unpaired) electrons. The van der Waals surface area contributed by atoms with Gasteiger partial charge in [0.05, 0.1) is 13.6 Å². The molecule has 0 aliphatic rings. The second-order valence-electron chi connectivity index (χ2n) is 4.94. The molecular formula is C17H22S3. The van der Waals surface area contributed by atoms with Crippen LogP contribution in [0.2, 0.25) is 0 Å². The fourth-order valence-corrected chi connectivity index (χ4v) is 4.98. The number of rotatable bonds is 2. The molecule has 0 aliphatic carbocycles. The highest BCUT2D eigenvalue weighted by Gasteiger charge is 2.13. The number of hydrogen-bond acceptors (Lipinski definition) is 3. The molecule has 3 rings (SSSR count). The average molecular weight is 323 g/mol. The summed E-state index contributed by atoms with van der Waals surface area (Å²) in [5.74, 6) is 0.609. The second kappa shape index (κ2) is 6.50. The Kier molecular flexibility index (Phi) is 5.16. The van der Waals surface area contributed by atoms with E-state index in [1.165, 1.54) is 30.6 Å². The number of hydrogen-bond donors (Lipinski definition) is 1. The SMILES string of the molecule is CC.CCc1cc2cc(C(C)C)sc2c2sc(S)cc12. The third-order valence-corrected chi connectivity index (χ3v) is 6.29. The molecule has 0 atom stereocenters. The summed E-state index contributed by atoms with van der Waals surface area (Å²) < 4.78 is 3.98. The van der Waals surface area contributed by atoms with Crippen LogP contribution in [0.25, 0.3) is 20.2 Å². The van der Waals surface area contributed by atoms with Gasteiger partial charge in [0.1, 0.15) is 0 Å². The molecule has 0 N–H and O–H groups in total. The topological polar surface area (TPSA) is 0 Å². The lowest BCUT2D eigenvalue weighted by Gasteiger charge is -2.00. The van der Waals surface area contributed by atoms with Gasteiger partial charge in [0.15, 0.2) is 0 Å². The van der Waals surface area contributed by atoms with Crippen molar-refractivity contribution in [2.24, 2.45) is 0 Å². The van der Waals surface area contributed by atoms with Gasteiger partial charge in [0, 0.05) is 4.88 Å². The van der Waals surface area contributed by atoms with E-state index in [9.17, 15) is 0 Å². The van der Waals surface area contributed by atoms with Gasteiger partial charge >= 0.3 is 0 Å². The molecule has 0 unspecified atom stereocenters. The zero-order valence-electron chi connectivity index (χ0n) is 12.8. The van der Waals surface area contributed by atoms with Crippen LogP contribution in [0, 0.1) is 0 Å². The third-order valence-electron chi connectivity index (χ3n) is 3.33. The van der Waals surface area contributed by atoms with Crippen molar-refractivity contribution in [2.45, 2.75) is 51.2 Å². The highest BCUT2D eigenvalue weighted by Crippen LogP contribution is 2.42. The number of thiophene rings is 2. The van der Waals surface area contributed by atoms with Crippen LogP contribution in [0.3, 0.4) is 0 Å². The Hall–Kier alpha value is -0.510. The first kappa shape index (κ1) is 15.9. The third kappa shape index (κ3) is 2.76. The standard InChI is InChI=1S/C15H16S3.C2H6/c1-4-9-5-10-6-12(8(2)3)17-14(10)15-11(9)7-13(16)18-15;1-2/h5-8,16H,4H2,1-3H3;1-2H3. The number of fused-ring (bicyclic) bond motifs is 3. The van der Waals surface area contributed by atoms with Crippen molar-refractivity contribution in [3.63, 3.8) is 0 Å². The van der Waals surface area contributed by atoms with E-state index in [0.717, 1.165) is 10.6 Å². The molecule has 0 spiro atoms. The van der Waals surface area contributed by atoms with Gasteiger partial charge in [-0.1, -0.05) is 34.6 Å². The maximum atomic E-state index is 4.53. The lowest BCUT2D eigenvalue weighted by atomic mass is 10.1. The zero-order chi connectivity index (χ0) is 14.9. The van der Waals surface area contributed by atoms with Crippen molar-refractivity contribution in [1.29, 1.82) is 0 Å². The summed E-state index contributed by atoms with van der Waals surface area (Å²) in [6, 6.07) is 6.94. The first-order chi connectivity index (χ1) is 9.60. The summed E-state index contributed by atoms with van der Waals surface area (Å²) in [5.41, 5.74) is 1.45. The van der Waals surface area contributed by atoms with Crippen molar-refractivity contribution in [2.75, 3.05) is 0 Å². The molecule has 0 saturated heterocycles. The minimum atomic E-state index is 0.609. The number of aryl methyl sites for hydroxylation is 1. The molecule has 2 heterocycles. The molecule has 20 heavy (non-hydrogen) atoms. The van der Waals surface area contributed by atoms with Crippen molar-refractivity contribution >= 4 is 55.5 Å². The van der Waals surface area contributed by atoms with Gasteiger partial charge in [-0.3, -0.25) is 0 Å². The van der Waals surface area contributed by atoms with Crippen LogP contribution < -0.4 is 0 Å². The van der Waals surface area contributed by atoms with Gasteiger partial charge in [-0.15, -0.1) is 35.3 Å². The molecule has 3 aromatic rings. The summed E-state index contributed by atoms with van der Waals surface area (Å²) in [6.45, 7) is 10.8. The lowest BCUT2D eigenvalue weighted by Crippen LogP contribution is -1.80. The minimum absolute atomic E-state index is 0.609. The van der Waals surface area contributed by atoms with Gasteiger partial charge in [-0.25, -0.2) is 0 Å². The normalized spacial score (nSPS) is 11.2. The van der Waals surface area contributed by atoms with Crippen molar-refractivity contribution in [3.05, 3.63) is 28.6 Å². The van der Waals surface area contributed by atoms with Crippen LogP contribution in [-0.2, 0) is 6.42 Å². The maximum Gasteiger partial charge on any atom is 0.0581 e. The van der Waals surface area contributed by atoms with E-state index >= 15 is 0 Å². The molecule has 0 saturated carbocycles. The Morgan fingerprint density at radius 2 is 1.75 bits per heavy atom. The monoisotopic (exact) mass is 322 g/mol. The van der Waals surface area contributed by atoms with E-state index in [-0.39, 0.29) is 0 Å². The van der Waals surface area contributed by atoms with E-state index in [4.69, 9.17) is 0 Å². The van der Waals surface area contributed by atoms with Crippen LogP contribution >= 0.6 is 35.3 Å². The van der Waals surface area contributed by atoms with E-state index in [1.54, 1.807) is 0 Å². The first-order valence-electron chi connectivity index (χ1n) is 7.28. The van der Waals surface area contributed by atoms with E-state index in [0.29, 0.717) is 5.92 Å². The zero-order valence-corrected chi connectivity index (χ0v) is 15.3. The average Bonchev–Trinajstić information content (AvgIpc) is 3.02. The number of benzene rings is 1.